The van der Waals surface area contributed by atoms with Crippen LogP contribution in [0.15, 0.2) is 15.9 Å². The summed E-state index contributed by atoms with van der Waals surface area (Å²) in [7, 11) is 0. The van der Waals surface area contributed by atoms with Crippen LogP contribution in [0.1, 0.15) is 4.88 Å². The summed E-state index contributed by atoms with van der Waals surface area (Å²) in [5.41, 5.74) is 5.90. The predicted molar refractivity (Wildman–Crippen MR) is 62.1 cm³/mol. The summed E-state index contributed by atoms with van der Waals surface area (Å²) in [6.07, 6.45) is 3.08. The molecular formula is C8H12BrNS2. The van der Waals surface area contributed by atoms with Gasteiger partial charge in [-0.15, -0.1) is 11.3 Å². The van der Waals surface area contributed by atoms with Crippen LogP contribution < -0.4 is 5.73 Å². The quantitative estimate of drug-likeness (QED) is 0.906. The van der Waals surface area contributed by atoms with Crippen LogP contribution in [0.2, 0.25) is 0 Å². The highest BCUT2D eigenvalue weighted by molar-refractivity contribution is 9.10. The van der Waals surface area contributed by atoms with Gasteiger partial charge in [-0.2, -0.15) is 11.8 Å². The smallest absolute Gasteiger partial charge is 0.0285 e. The van der Waals surface area contributed by atoms with Gasteiger partial charge >= 0.3 is 0 Å². The zero-order valence-corrected chi connectivity index (χ0v) is 10.1. The molecule has 1 aromatic heterocycles. The van der Waals surface area contributed by atoms with Crippen LogP contribution in [-0.2, 0) is 6.42 Å². The number of thioether (sulfide) groups is 1. The summed E-state index contributed by atoms with van der Waals surface area (Å²) in [5.74, 6) is 1.04. The molecule has 0 spiro atoms. The van der Waals surface area contributed by atoms with E-state index < -0.39 is 0 Å². The van der Waals surface area contributed by atoms with E-state index in [2.05, 4.69) is 33.6 Å². The zero-order chi connectivity index (χ0) is 8.97. The van der Waals surface area contributed by atoms with Crippen molar-refractivity contribution < 1.29 is 0 Å². The van der Waals surface area contributed by atoms with Gasteiger partial charge in [0.1, 0.15) is 0 Å². The molecule has 1 aromatic rings. The first kappa shape index (κ1) is 10.6. The molecule has 1 unspecified atom stereocenters. The van der Waals surface area contributed by atoms with Crippen molar-refractivity contribution in [1.82, 2.24) is 0 Å². The average Bonchev–Trinajstić information content (AvgIpc) is 2.36. The zero-order valence-electron chi connectivity index (χ0n) is 6.92. The van der Waals surface area contributed by atoms with Gasteiger partial charge in [0, 0.05) is 26.5 Å². The lowest BCUT2D eigenvalue weighted by Crippen LogP contribution is -2.24. The summed E-state index contributed by atoms with van der Waals surface area (Å²) < 4.78 is 1.17. The standard InChI is InChI=1S/C8H12BrNS2/c1-11-5-7(10)3-8-2-6(9)4-12-8/h2,4,7H,3,5,10H2,1H3. The molecule has 0 aliphatic heterocycles. The molecule has 4 heteroatoms. The molecule has 68 valence electrons. The van der Waals surface area contributed by atoms with Crippen LogP contribution in [0.5, 0.6) is 0 Å². The Bertz CT molecular complexity index is 237. The Morgan fingerprint density at radius 2 is 2.50 bits per heavy atom. The van der Waals surface area contributed by atoms with Crippen molar-refractivity contribution in [1.29, 1.82) is 0 Å². The Labute approximate surface area is 89.9 Å². The van der Waals surface area contributed by atoms with Crippen molar-refractivity contribution in [2.24, 2.45) is 5.73 Å². The summed E-state index contributed by atoms with van der Waals surface area (Å²) in [6, 6.07) is 2.44. The normalized spacial score (nSPS) is 13.2. The molecule has 0 aliphatic rings. The number of hydrogen-bond donors (Lipinski definition) is 1. The van der Waals surface area contributed by atoms with E-state index in [-0.39, 0.29) is 0 Å². The van der Waals surface area contributed by atoms with Gasteiger partial charge in [0.2, 0.25) is 0 Å². The highest BCUT2D eigenvalue weighted by atomic mass is 79.9. The lowest BCUT2D eigenvalue weighted by atomic mass is 10.2. The Morgan fingerprint density at radius 1 is 1.75 bits per heavy atom. The molecule has 0 radical (unpaired) electrons. The minimum atomic E-state index is 0.297. The second kappa shape index (κ2) is 5.27. The van der Waals surface area contributed by atoms with E-state index in [1.165, 1.54) is 9.35 Å². The molecule has 12 heavy (non-hydrogen) atoms. The van der Waals surface area contributed by atoms with Crippen LogP contribution in [0.4, 0.5) is 0 Å². The van der Waals surface area contributed by atoms with Crippen LogP contribution in [0, 0.1) is 0 Å². The summed E-state index contributed by atoms with van der Waals surface area (Å²) >= 11 is 7.00. The predicted octanol–water partition coefficient (Wildman–Crippen LogP) is 2.74. The maximum atomic E-state index is 5.90. The fourth-order valence-electron chi connectivity index (χ4n) is 0.992. The van der Waals surface area contributed by atoms with Crippen molar-refractivity contribution in [2.45, 2.75) is 12.5 Å². The van der Waals surface area contributed by atoms with Crippen molar-refractivity contribution in [3.8, 4) is 0 Å². The number of nitrogens with two attached hydrogens (primary N) is 1. The summed E-state index contributed by atoms with van der Waals surface area (Å²) in [5, 5.41) is 2.10. The number of halogens is 1. The first-order chi connectivity index (χ1) is 5.72. The highest BCUT2D eigenvalue weighted by Gasteiger charge is 2.04. The number of hydrogen-bond acceptors (Lipinski definition) is 3. The minimum absolute atomic E-state index is 0.297. The Balaban J connectivity index is 2.41. The minimum Gasteiger partial charge on any atom is -0.327 e. The largest absolute Gasteiger partial charge is 0.327 e. The molecule has 1 atom stereocenters. The van der Waals surface area contributed by atoms with Crippen molar-refractivity contribution in [3.63, 3.8) is 0 Å². The lowest BCUT2D eigenvalue weighted by molar-refractivity contribution is 0.758. The van der Waals surface area contributed by atoms with Gasteiger partial charge in [-0.1, -0.05) is 0 Å². The second-order valence-electron chi connectivity index (χ2n) is 2.65. The monoisotopic (exact) mass is 265 g/mol. The Morgan fingerprint density at radius 3 is 3.00 bits per heavy atom. The number of thiophene rings is 1. The van der Waals surface area contributed by atoms with Gasteiger partial charge in [-0.25, -0.2) is 0 Å². The SMILES string of the molecule is CSCC(N)Cc1cc(Br)cs1. The molecule has 0 fully saturated rings. The fourth-order valence-corrected chi connectivity index (χ4v) is 3.08. The molecule has 1 heterocycles. The van der Waals surface area contributed by atoms with Crippen molar-refractivity contribution in [2.75, 3.05) is 12.0 Å². The van der Waals surface area contributed by atoms with Crippen molar-refractivity contribution >= 4 is 39.0 Å². The van der Waals surface area contributed by atoms with E-state index in [1.807, 2.05) is 0 Å². The fraction of sp³-hybridized carbons (Fsp3) is 0.500. The Kier molecular flexibility index (Phi) is 4.64. The summed E-state index contributed by atoms with van der Waals surface area (Å²) in [6.45, 7) is 0. The van der Waals surface area contributed by atoms with Crippen LogP contribution in [-0.4, -0.2) is 18.1 Å². The molecule has 0 aromatic carbocycles. The third kappa shape index (κ3) is 3.47. The van der Waals surface area contributed by atoms with E-state index in [0.717, 1.165) is 12.2 Å². The van der Waals surface area contributed by atoms with Crippen LogP contribution in [0.25, 0.3) is 0 Å². The second-order valence-corrected chi connectivity index (χ2v) is 5.47. The number of rotatable bonds is 4. The molecule has 1 rings (SSSR count). The third-order valence-corrected chi connectivity index (χ3v) is 3.95. The average molecular weight is 266 g/mol. The van der Waals surface area contributed by atoms with Gasteiger partial charge in [0.15, 0.2) is 0 Å². The van der Waals surface area contributed by atoms with E-state index >= 15 is 0 Å². The first-order valence-electron chi connectivity index (χ1n) is 3.70. The summed E-state index contributed by atoms with van der Waals surface area (Å²) in [4.78, 5) is 1.36. The maximum absolute atomic E-state index is 5.90. The van der Waals surface area contributed by atoms with E-state index in [1.54, 1.807) is 23.1 Å². The Hall–Kier alpha value is 0.490. The van der Waals surface area contributed by atoms with Gasteiger partial charge in [0.25, 0.3) is 0 Å². The topological polar surface area (TPSA) is 26.0 Å². The van der Waals surface area contributed by atoms with Gasteiger partial charge in [-0.05, 0) is 34.7 Å². The van der Waals surface area contributed by atoms with E-state index in [4.69, 9.17) is 5.73 Å². The first-order valence-corrected chi connectivity index (χ1v) is 6.76. The van der Waals surface area contributed by atoms with Gasteiger partial charge < -0.3 is 5.73 Å². The lowest BCUT2D eigenvalue weighted by Gasteiger charge is -2.06. The third-order valence-electron chi connectivity index (χ3n) is 1.47. The van der Waals surface area contributed by atoms with E-state index in [9.17, 15) is 0 Å². The van der Waals surface area contributed by atoms with Crippen LogP contribution in [0.3, 0.4) is 0 Å². The molecule has 0 saturated heterocycles. The van der Waals surface area contributed by atoms with Crippen molar-refractivity contribution in [3.05, 3.63) is 20.8 Å². The van der Waals surface area contributed by atoms with Crippen LogP contribution >= 0.6 is 39.0 Å². The molecule has 2 N–H and O–H groups in total. The molecule has 0 aliphatic carbocycles. The molecule has 0 bridgehead atoms. The molecular weight excluding hydrogens is 254 g/mol. The van der Waals surface area contributed by atoms with Gasteiger partial charge in [-0.3, -0.25) is 0 Å². The molecule has 0 saturated carbocycles. The van der Waals surface area contributed by atoms with Gasteiger partial charge in [0.05, 0.1) is 0 Å². The van der Waals surface area contributed by atoms with E-state index in [0.29, 0.717) is 6.04 Å². The highest BCUT2D eigenvalue weighted by Crippen LogP contribution is 2.20. The molecule has 1 nitrogen and oxygen atoms in total. The maximum Gasteiger partial charge on any atom is 0.0285 e. The molecule has 0 amide bonds.